The molecule has 172 valence electrons. The minimum Gasteiger partial charge on any atom is -0.481 e. The first kappa shape index (κ1) is 24.5. The average Bonchev–Trinajstić information content (AvgIpc) is 3.08. The monoisotopic (exact) mass is 441 g/mol. The second-order valence-electron chi connectivity index (χ2n) is 8.60. The molecule has 31 heavy (non-hydrogen) atoms. The Kier molecular flexibility index (Phi) is 7.91. The average molecular weight is 441 g/mol. The molecular formula is C21H30F3N5O2. The first-order valence-electron chi connectivity index (χ1n) is 10.2. The van der Waals surface area contributed by atoms with E-state index in [-0.39, 0.29) is 18.3 Å². The smallest absolute Gasteiger partial charge is 0.451 e. The van der Waals surface area contributed by atoms with Crippen molar-refractivity contribution in [2.24, 2.45) is 11.8 Å². The first-order chi connectivity index (χ1) is 14.4. The molecule has 1 heterocycles. The van der Waals surface area contributed by atoms with Crippen LogP contribution in [0.1, 0.15) is 58.3 Å². The molecule has 0 aliphatic rings. The van der Waals surface area contributed by atoms with Crippen molar-refractivity contribution in [2.45, 2.75) is 53.1 Å². The highest BCUT2D eigenvalue weighted by molar-refractivity contribution is 5.75. The molecule has 0 aliphatic carbocycles. The topological polar surface area (TPSA) is 94.1 Å². The number of halogens is 3. The molecule has 0 aliphatic heterocycles. The number of hydrogen-bond acceptors (Lipinski definition) is 5. The summed E-state index contributed by atoms with van der Waals surface area (Å²) in [6.45, 7) is 11.7. The predicted molar refractivity (Wildman–Crippen MR) is 114 cm³/mol. The molecule has 1 aromatic heterocycles. The summed E-state index contributed by atoms with van der Waals surface area (Å²) in [7, 11) is 0. The lowest BCUT2D eigenvalue weighted by molar-refractivity contribution is -0.144. The fourth-order valence-electron chi connectivity index (χ4n) is 3.33. The number of carboxylic acids is 1. The van der Waals surface area contributed by atoms with E-state index >= 15 is 0 Å². The van der Waals surface area contributed by atoms with Crippen molar-refractivity contribution in [3.63, 3.8) is 0 Å². The van der Waals surface area contributed by atoms with Crippen LogP contribution in [0.15, 0.2) is 18.2 Å². The summed E-state index contributed by atoms with van der Waals surface area (Å²) < 4.78 is 38.7. The normalized spacial score (nSPS) is 13.0. The Balaban J connectivity index is 2.47. The number of hydrogen-bond donors (Lipinski definition) is 3. The number of nitrogens with zero attached hydrogens (tertiary/aromatic N) is 3. The van der Waals surface area contributed by atoms with Crippen molar-refractivity contribution < 1.29 is 23.1 Å². The third kappa shape index (κ3) is 7.15. The Hall–Kier alpha value is -2.78. The van der Waals surface area contributed by atoms with Gasteiger partial charge in [0.25, 0.3) is 0 Å². The van der Waals surface area contributed by atoms with Crippen LogP contribution in [-0.4, -0.2) is 39.3 Å². The molecule has 0 saturated carbocycles. The first-order valence-corrected chi connectivity index (χ1v) is 10.2. The predicted octanol–water partition coefficient (Wildman–Crippen LogP) is 5.26. The number of aromatic amines is 1. The molecule has 0 spiro atoms. The summed E-state index contributed by atoms with van der Waals surface area (Å²) in [5, 5.41) is 17.6. The van der Waals surface area contributed by atoms with Crippen LogP contribution in [0.2, 0.25) is 0 Å². The quantitative estimate of drug-likeness (QED) is 0.465. The summed E-state index contributed by atoms with van der Waals surface area (Å²) in [5.41, 5.74) is 2.09. The highest BCUT2D eigenvalue weighted by atomic mass is 19.4. The lowest BCUT2D eigenvalue weighted by Crippen LogP contribution is -2.31. The maximum Gasteiger partial charge on any atom is 0.451 e. The van der Waals surface area contributed by atoms with Crippen LogP contribution < -0.4 is 10.2 Å². The number of anilines is 3. The number of alkyl halides is 3. The Bertz CT molecular complexity index is 870. The van der Waals surface area contributed by atoms with E-state index in [1.165, 1.54) is 0 Å². The van der Waals surface area contributed by atoms with Crippen molar-refractivity contribution in [1.29, 1.82) is 0 Å². The van der Waals surface area contributed by atoms with Gasteiger partial charge < -0.3 is 15.3 Å². The van der Waals surface area contributed by atoms with Crippen molar-refractivity contribution in [1.82, 2.24) is 15.2 Å². The number of rotatable bonds is 10. The van der Waals surface area contributed by atoms with Crippen LogP contribution in [0.5, 0.6) is 0 Å². The van der Waals surface area contributed by atoms with Crippen molar-refractivity contribution in [3.8, 4) is 0 Å². The summed E-state index contributed by atoms with van der Waals surface area (Å²) in [5.74, 6) is -1.86. The van der Waals surface area contributed by atoms with E-state index in [4.69, 9.17) is 5.11 Å². The van der Waals surface area contributed by atoms with Crippen LogP contribution in [-0.2, 0) is 11.0 Å². The summed E-state index contributed by atoms with van der Waals surface area (Å²) >= 11 is 0. The molecule has 0 bridgehead atoms. The molecular weight excluding hydrogens is 411 g/mol. The molecule has 10 heteroatoms. The van der Waals surface area contributed by atoms with Gasteiger partial charge in [-0.1, -0.05) is 40.7 Å². The molecule has 0 saturated heterocycles. The Morgan fingerprint density at radius 2 is 1.77 bits per heavy atom. The number of aromatic nitrogens is 3. The molecule has 2 rings (SSSR count). The van der Waals surface area contributed by atoms with Crippen molar-refractivity contribution in [2.75, 3.05) is 23.3 Å². The summed E-state index contributed by atoms with van der Waals surface area (Å²) in [4.78, 5) is 16.8. The maximum absolute atomic E-state index is 12.9. The largest absolute Gasteiger partial charge is 0.481 e. The highest BCUT2D eigenvalue weighted by Gasteiger charge is 2.35. The van der Waals surface area contributed by atoms with Gasteiger partial charge in [0.15, 0.2) is 0 Å². The Morgan fingerprint density at radius 3 is 2.26 bits per heavy atom. The lowest BCUT2D eigenvalue weighted by atomic mass is 9.96. The summed E-state index contributed by atoms with van der Waals surface area (Å²) in [6.07, 6.45) is -4.69. The standard InChI is InChI=1S/C21H30F3N5O2/c1-12(2)10-29(11-13(3)4)17-7-6-15(14(5)8-18(30)31)9-16(17)25-20-26-19(27-28-20)21(22,23)24/h6-7,9,12-14H,8,10-11H2,1-5H3,(H,30,31)(H2,25,26,27,28). The molecule has 1 atom stereocenters. The van der Waals surface area contributed by atoms with E-state index < -0.39 is 18.0 Å². The Labute approximate surface area is 180 Å². The molecule has 1 unspecified atom stereocenters. The number of H-pyrrole nitrogens is 1. The van der Waals surface area contributed by atoms with Gasteiger partial charge in [-0.3, -0.25) is 9.89 Å². The zero-order chi connectivity index (χ0) is 23.3. The molecule has 3 N–H and O–H groups in total. The van der Waals surface area contributed by atoms with Crippen LogP contribution in [0.4, 0.5) is 30.5 Å². The minimum absolute atomic E-state index is 0.0562. The number of carbonyl (C=O) groups is 1. The molecule has 2 aromatic rings. The van der Waals surface area contributed by atoms with Gasteiger partial charge in [-0.2, -0.15) is 18.2 Å². The van der Waals surface area contributed by atoms with Gasteiger partial charge in [0.05, 0.1) is 17.8 Å². The molecule has 0 radical (unpaired) electrons. The molecule has 1 aromatic carbocycles. The molecule has 0 amide bonds. The van der Waals surface area contributed by atoms with Crippen molar-refractivity contribution >= 4 is 23.3 Å². The van der Waals surface area contributed by atoms with Gasteiger partial charge in [0.2, 0.25) is 11.8 Å². The van der Waals surface area contributed by atoms with Gasteiger partial charge in [-0.15, -0.1) is 5.10 Å². The number of benzene rings is 1. The minimum atomic E-state index is -4.63. The number of aliphatic carboxylic acids is 1. The third-order valence-electron chi connectivity index (χ3n) is 4.58. The van der Waals surface area contributed by atoms with Crippen molar-refractivity contribution in [3.05, 3.63) is 29.6 Å². The van der Waals surface area contributed by atoms with Crippen LogP contribution in [0.3, 0.4) is 0 Å². The van der Waals surface area contributed by atoms with Crippen LogP contribution in [0.25, 0.3) is 0 Å². The van der Waals surface area contributed by atoms with E-state index in [9.17, 15) is 18.0 Å². The Morgan fingerprint density at radius 1 is 1.16 bits per heavy atom. The van der Waals surface area contributed by atoms with Crippen LogP contribution in [0, 0.1) is 11.8 Å². The third-order valence-corrected chi connectivity index (χ3v) is 4.58. The second kappa shape index (κ2) is 10.0. The van der Waals surface area contributed by atoms with E-state index in [2.05, 4.69) is 48.0 Å². The van der Waals surface area contributed by atoms with E-state index in [0.717, 1.165) is 24.3 Å². The zero-order valence-corrected chi connectivity index (χ0v) is 18.4. The van der Waals surface area contributed by atoms with Gasteiger partial charge in [0, 0.05) is 13.1 Å². The summed E-state index contributed by atoms with van der Waals surface area (Å²) in [6, 6.07) is 5.50. The zero-order valence-electron chi connectivity index (χ0n) is 18.4. The fourth-order valence-corrected chi connectivity index (χ4v) is 3.33. The fraction of sp³-hybridized carbons (Fsp3) is 0.571. The van der Waals surface area contributed by atoms with Gasteiger partial charge in [-0.05, 0) is 35.4 Å². The van der Waals surface area contributed by atoms with Gasteiger partial charge >= 0.3 is 12.1 Å². The number of carboxylic acid groups (broad SMARTS) is 1. The maximum atomic E-state index is 12.9. The van der Waals surface area contributed by atoms with Gasteiger partial charge in [-0.25, -0.2) is 0 Å². The lowest BCUT2D eigenvalue weighted by Gasteiger charge is -2.31. The molecule has 7 nitrogen and oxygen atoms in total. The molecule has 0 fully saturated rings. The van der Waals surface area contributed by atoms with E-state index in [1.54, 1.807) is 13.0 Å². The van der Waals surface area contributed by atoms with Crippen LogP contribution >= 0.6 is 0 Å². The number of nitrogens with one attached hydrogen (secondary N) is 2. The van der Waals surface area contributed by atoms with E-state index in [1.807, 2.05) is 17.2 Å². The van der Waals surface area contributed by atoms with Gasteiger partial charge in [0.1, 0.15) is 0 Å². The SMILES string of the molecule is CC(C)CN(CC(C)C)c1ccc(C(C)CC(=O)O)cc1Nc1n[nH]c(C(F)(F)F)n1. The second-order valence-corrected chi connectivity index (χ2v) is 8.60. The highest BCUT2D eigenvalue weighted by Crippen LogP contribution is 2.34. The van der Waals surface area contributed by atoms with E-state index in [0.29, 0.717) is 17.5 Å².